The molecule has 2 nitrogen and oxygen atoms in total. The van der Waals surface area contributed by atoms with Gasteiger partial charge in [-0.1, -0.05) is 61.4 Å². The molecule has 0 N–H and O–H groups in total. The van der Waals surface area contributed by atoms with Gasteiger partial charge >= 0.3 is 26.2 Å². The molecule has 5 rings (SSSR count). The zero-order valence-electron chi connectivity index (χ0n) is 18.7. The molecule has 0 aliphatic heterocycles. The second-order valence-electron chi connectivity index (χ2n) is 7.85. The smallest absolute Gasteiger partial charge is 0.668 e. The van der Waals surface area contributed by atoms with E-state index in [0.717, 1.165) is 0 Å². The summed E-state index contributed by atoms with van der Waals surface area (Å²) in [6.07, 6.45) is 32.3. The SMILES string of the molecule is C[N-]C.C[N-]C.[CH]1[CH][C](C2([C]3[CH][CH][C]4C=CC=C[C]43)CCCC2)[C]2C=CC=C[C]12.[Zr+4]. The molecular weight excluding hydrogens is 444 g/mol. The van der Waals surface area contributed by atoms with Crippen LogP contribution in [0.1, 0.15) is 25.7 Å². The largest absolute Gasteiger partial charge is 4.00 e. The molecule has 3 heteroatoms. The van der Waals surface area contributed by atoms with Crippen LogP contribution in [0.2, 0.25) is 0 Å². The first kappa shape index (κ1) is 26.0. The number of fused-ring (bicyclic) bond motifs is 2. The molecule has 0 bridgehead atoms. The van der Waals surface area contributed by atoms with Gasteiger partial charge in [0.25, 0.3) is 0 Å². The van der Waals surface area contributed by atoms with E-state index in [4.69, 9.17) is 0 Å². The summed E-state index contributed by atoms with van der Waals surface area (Å²) < 4.78 is 0. The zero-order valence-corrected chi connectivity index (χ0v) is 21.1. The number of rotatable bonds is 2. The first-order valence-corrected chi connectivity index (χ1v) is 10.5. The van der Waals surface area contributed by atoms with Crippen LogP contribution in [0.15, 0.2) is 48.6 Å². The van der Waals surface area contributed by atoms with Crippen LogP contribution >= 0.6 is 0 Å². The molecule has 0 amide bonds. The number of allylic oxidation sites excluding steroid dienone is 8. The van der Waals surface area contributed by atoms with E-state index in [9.17, 15) is 0 Å². The third-order valence-electron chi connectivity index (χ3n) is 5.85. The molecule has 0 spiro atoms. The summed E-state index contributed by atoms with van der Waals surface area (Å²) in [6.45, 7) is 0. The van der Waals surface area contributed by atoms with Gasteiger partial charge in [0.1, 0.15) is 0 Å². The van der Waals surface area contributed by atoms with Crippen LogP contribution in [0.3, 0.4) is 0 Å². The van der Waals surface area contributed by atoms with Crippen molar-refractivity contribution >= 4 is 0 Å². The van der Waals surface area contributed by atoms with E-state index in [1.165, 1.54) is 49.4 Å². The summed E-state index contributed by atoms with van der Waals surface area (Å²) in [7, 11) is 7.00. The van der Waals surface area contributed by atoms with E-state index in [2.05, 4.69) is 84.9 Å². The minimum absolute atomic E-state index is 0. The Hall–Kier alpha value is -0.237. The van der Waals surface area contributed by atoms with Gasteiger partial charge in [-0.3, -0.25) is 0 Å². The van der Waals surface area contributed by atoms with Gasteiger partial charge in [0, 0.05) is 23.7 Å². The minimum atomic E-state index is 0. The average Bonchev–Trinajstić information content (AvgIpc) is 3.47. The molecule has 3 saturated carbocycles. The average molecular weight is 476 g/mol. The van der Waals surface area contributed by atoms with Crippen LogP contribution in [0.5, 0.6) is 0 Å². The topological polar surface area (TPSA) is 28.2 Å². The summed E-state index contributed by atoms with van der Waals surface area (Å²) in [5, 5.41) is 7.00. The van der Waals surface area contributed by atoms with Gasteiger partial charge in [-0.15, -0.1) is 0 Å². The van der Waals surface area contributed by atoms with Crippen molar-refractivity contribution in [1.29, 1.82) is 0 Å². The van der Waals surface area contributed by atoms with Crippen LogP contribution in [0, 0.1) is 66.6 Å². The fourth-order valence-corrected chi connectivity index (χ4v) is 4.80. The Labute approximate surface area is 205 Å². The molecule has 0 aromatic heterocycles. The molecule has 30 heavy (non-hydrogen) atoms. The van der Waals surface area contributed by atoms with Crippen LogP contribution < -0.4 is 0 Å². The van der Waals surface area contributed by atoms with E-state index in [1.807, 2.05) is 0 Å². The van der Waals surface area contributed by atoms with Gasteiger partial charge in [0.05, 0.1) is 0 Å². The van der Waals surface area contributed by atoms with Gasteiger partial charge in [0.15, 0.2) is 0 Å². The third-order valence-corrected chi connectivity index (χ3v) is 5.85. The Morgan fingerprint density at radius 2 is 0.967 bits per heavy atom. The predicted molar refractivity (Wildman–Crippen MR) is 125 cm³/mol. The van der Waals surface area contributed by atoms with E-state index in [1.54, 1.807) is 40.0 Å². The molecule has 0 unspecified atom stereocenters. The minimum Gasteiger partial charge on any atom is -0.668 e. The maximum absolute atomic E-state index is 3.50. The molecule has 152 valence electrons. The Bertz CT molecular complexity index is 566. The monoisotopic (exact) mass is 474 g/mol. The summed E-state index contributed by atoms with van der Waals surface area (Å²) in [5.74, 6) is 8.73. The van der Waals surface area contributed by atoms with Crippen LogP contribution in [0.4, 0.5) is 0 Å². The van der Waals surface area contributed by atoms with Gasteiger partial charge in [-0.2, -0.15) is 28.2 Å². The van der Waals surface area contributed by atoms with Crippen molar-refractivity contribution in [3.63, 3.8) is 0 Å². The molecule has 0 aromatic carbocycles. The van der Waals surface area contributed by atoms with Gasteiger partial charge in [-0.25, -0.2) is 0 Å². The molecule has 0 saturated heterocycles. The maximum atomic E-state index is 3.50. The van der Waals surface area contributed by atoms with Crippen molar-refractivity contribution in [2.24, 2.45) is 5.41 Å². The van der Waals surface area contributed by atoms with Crippen molar-refractivity contribution in [1.82, 2.24) is 0 Å². The van der Waals surface area contributed by atoms with Crippen molar-refractivity contribution < 1.29 is 26.2 Å². The van der Waals surface area contributed by atoms with Crippen molar-refractivity contribution in [2.45, 2.75) is 25.7 Å². The Morgan fingerprint density at radius 3 is 1.37 bits per heavy atom. The normalized spacial score (nSPS) is 25.9. The summed E-state index contributed by atoms with van der Waals surface area (Å²) in [4.78, 5) is 0. The molecule has 5 aliphatic carbocycles. The van der Waals surface area contributed by atoms with Crippen LogP contribution in [0.25, 0.3) is 10.6 Å². The van der Waals surface area contributed by atoms with E-state index in [0.29, 0.717) is 0 Å². The summed E-state index contributed by atoms with van der Waals surface area (Å²) >= 11 is 0. The second-order valence-corrected chi connectivity index (χ2v) is 7.85. The first-order valence-electron chi connectivity index (χ1n) is 10.5. The van der Waals surface area contributed by atoms with E-state index < -0.39 is 0 Å². The molecular formula is C27H32N2Zr+2. The van der Waals surface area contributed by atoms with Crippen molar-refractivity contribution in [2.75, 3.05) is 28.2 Å². The molecule has 0 heterocycles. The fraction of sp³-hybridized carbons (Fsp3) is 0.333. The number of hydrogen-bond acceptors (Lipinski definition) is 0. The van der Waals surface area contributed by atoms with Crippen molar-refractivity contribution in [3.8, 4) is 0 Å². The summed E-state index contributed by atoms with van der Waals surface area (Å²) in [5.41, 5.74) is 0.201. The predicted octanol–water partition coefficient (Wildman–Crippen LogP) is 6.33. The van der Waals surface area contributed by atoms with E-state index >= 15 is 0 Å². The molecule has 3 fully saturated rings. The summed E-state index contributed by atoms with van der Waals surface area (Å²) in [6, 6.07) is 0. The van der Waals surface area contributed by atoms with Gasteiger partial charge in [0.2, 0.25) is 0 Å². The Morgan fingerprint density at radius 1 is 0.600 bits per heavy atom. The fourth-order valence-electron chi connectivity index (χ4n) is 4.80. The molecule has 0 atom stereocenters. The first-order chi connectivity index (χ1) is 14.2. The number of hydrogen-bond donors (Lipinski definition) is 0. The standard InChI is InChI=1S/C23H20.2C2H6N.Zr/c1-3-9-19-17(7-1)11-13-21(19)23(15-5-6-16-23)22-14-12-18-8-2-4-10-20(18)22;2*1-3-2;/h1-4,7-14H,5-6,15-16H2;2*1-2H3;/q;2*-1;+4. The van der Waals surface area contributed by atoms with E-state index in [-0.39, 0.29) is 31.6 Å². The third kappa shape index (κ3) is 5.39. The second kappa shape index (κ2) is 12.7. The Balaban J connectivity index is 0.000000414. The zero-order chi connectivity index (χ0) is 20.7. The van der Waals surface area contributed by atoms with Crippen LogP contribution in [-0.2, 0) is 26.2 Å². The van der Waals surface area contributed by atoms with Crippen LogP contribution in [-0.4, -0.2) is 28.2 Å². The van der Waals surface area contributed by atoms with Crippen molar-refractivity contribution in [3.05, 3.63) is 120 Å². The number of nitrogens with zero attached hydrogens (tertiary/aromatic N) is 2. The maximum Gasteiger partial charge on any atom is 4.00 e. The van der Waals surface area contributed by atoms with Gasteiger partial charge < -0.3 is 10.6 Å². The molecule has 0 aromatic rings. The van der Waals surface area contributed by atoms with Gasteiger partial charge in [-0.05, 0) is 55.8 Å². The Kier molecular flexibility index (Phi) is 11.0. The molecule has 10 radical (unpaired) electrons. The molecule has 5 aliphatic rings. The quantitative estimate of drug-likeness (QED) is 0.447.